The molecule has 0 aliphatic carbocycles. The second-order valence-corrected chi connectivity index (χ2v) is 7.18. The fourth-order valence-corrected chi connectivity index (χ4v) is 3.60. The molecule has 1 aromatic carbocycles. The Morgan fingerprint density at radius 3 is 2.84 bits per heavy atom. The molecule has 1 aromatic rings. The Kier molecular flexibility index (Phi) is 6.84. The highest BCUT2D eigenvalue weighted by Crippen LogP contribution is 2.16. The monoisotopic (exact) mass is 346 g/mol. The summed E-state index contributed by atoms with van der Waals surface area (Å²) in [6.45, 7) is 6.24. The first kappa shape index (κ1) is 18.4. The van der Waals surface area contributed by atoms with E-state index in [2.05, 4.69) is 34.5 Å². The van der Waals surface area contributed by atoms with Crippen molar-refractivity contribution in [3.8, 4) is 0 Å². The van der Waals surface area contributed by atoms with Crippen molar-refractivity contribution in [2.45, 2.75) is 57.4 Å². The highest BCUT2D eigenvalue weighted by Gasteiger charge is 2.27. The lowest BCUT2D eigenvalue weighted by atomic mass is 10.1. The molecule has 0 saturated carbocycles. The van der Waals surface area contributed by atoms with Gasteiger partial charge in [0.1, 0.15) is 0 Å². The molecule has 0 radical (unpaired) electrons. The quantitative estimate of drug-likeness (QED) is 0.859. The van der Waals surface area contributed by atoms with Gasteiger partial charge in [0.15, 0.2) is 0 Å². The number of carbonyl (C=O) groups excluding carboxylic acids is 1. The van der Waals surface area contributed by atoms with Crippen LogP contribution in [0.3, 0.4) is 0 Å². The van der Waals surface area contributed by atoms with Crippen molar-refractivity contribution in [2.24, 2.45) is 0 Å². The van der Waals surface area contributed by atoms with Crippen molar-refractivity contribution in [3.63, 3.8) is 0 Å². The zero-order valence-corrected chi connectivity index (χ0v) is 15.2. The second-order valence-electron chi connectivity index (χ2n) is 7.18. The molecular formula is C20H30N2O3. The third-order valence-corrected chi connectivity index (χ3v) is 5.06. The van der Waals surface area contributed by atoms with Crippen molar-refractivity contribution < 1.29 is 14.3 Å². The van der Waals surface area contributed by atoms with Gasteiger partial charge in [-0.05, 0) is 31.7 Å². The molecule has 138 valence electrons. The molecule has 2 fully saturated rings. The normalized spacial score (nSPS) is 26.1. The summed E-state index contributed by atoms with van der Waals surface area (Å²) in [5.74, 6) is 0.0724. The van der Waals surface area contributed by atoms with Gasteiger partial charge in [-0.1, -0.05) is 30.3 Å². The standard InChI is InChI=1S/C20H30N2O3/c1-16(21-20(23)13-18-9-5-6-11-24-18)19-15-22(10-12-25-19)14-17-7-3-2-4-8-17/h2-4,7-8,16,18-19H,5-6,9-15H2,1H3,(H,21,23)/t16-,18-,19+/m0/s1. The third kappa shape index (κ3) is 5.80. The van der Waals surface area contributed by atoms with Crippen molar-refractivity contribution in [1.82, 2.24) is 10.2 Å². The van der Waals surface area contributed by atoms with E-state index >= 15 is 0 Å². The lowest BCUT2D eigenvalue weighted by Gasteiger charge is -2.36. The number of morpholine rings is 1. The Labute approximate surface area is 150 Å². The number of nitrogens with zero attached hydrogens (tertiary/aromatic N) is 1. The van der Waals surface area contributed by atoms with Gasteiger partial charge in [-0.25, -0.2) is 0 Å². The van der Waals surface area contributed by atoms with Crippen LogP contribution in [0.5, 0.6) is 0 Å². The molecule has 2 heterocycles. The average Bonchev–Trinajstić information content (AvgIpc) is 2.63. The molecule has 2 aliphatic rings. The Morgan fingerprint density at radius 1 is 1.24 bits per heavy atom. The highest BCUT2D eigenvalue weighted by atomic mass is 16.5. The van der Waals surface area contributed by atoms with Gasteiger partial charge in [-0.15, -0.1) is 0 Å². The molecule has 2 aliphatic heterocycles. The lowest BCUT2D eigenvalue weighted by Crippen LogP contribution is -2.52. The minimum absolute atomic E-state index is 0.00895. The van der Waals surface area contributed by atoms with Crippen molar-refractivity contribution >= 4 is 5.91 Å². The summed E-state index contributed by atoms with van der Waals surface area (Å²) in [5, 5.41) is 3.11. The summed E-state index contributed by atoms with van der Waals surface area (Å²) in [6.07, 6.45) is 3.85. The SMILES string of the molecule is C[C@H](NC(=O)C[C@@H]1CCCCO1)[C@H]1CN(Cc2ccccc2)CCO1. The zero-order valence-electron chi connectivity index (χ0n) is 15.2. The molecule has 3 rings (SSSR count). The summed E-state index contributed by atoms with van der Waals surface area (Å²) in [4.78, 5) is 14.7. The number of amides is 1. The van der Waals surface area contributed by atoms with Crippen LogP contribution in [0.4, 0.5) is 0 Å². The summed E-state index contributed by atoms with van der Waals surface area (Å²) < 4.78 is 11.6. The van der Waals surface area contributed by atoms with E-state index in [4.69, 9.17) is 9.47 Å². The van der Waals surface area contributed by atoms with Crippen LogP contribution in [0.2, 0.25) is 0 Å². The van der Waals surface area contributed by atoms with Crippen LogP contribution in [0.25, 0.3) is 0 Å². The van der Waals surface area contributed by atoms with Gasteiger partial charge < -0.3 is 14.8 Å². The van der Waals surface area contributed by atoms with Crippen molar-refractivity contribution in [2.75, 3.05) is 26.3 Å². The maximum Gasteiger partial charge on any atom is 0.222 e. The molecule has 0 unspecified atom stereocenters. The van der Waals surface area contributed by atoms with Crippen LogP contribution in [0.1, 0.15) is 38.2 Å². The van der Waals surface area contributed by atoms with Crippen LogP contribution in [0.15, 0.2) is 30.3 Å². The molecule has 25 heavy (non-hydrogen) atoms. The van der Waals surface area contributed by atoms with Crippen LogP contribution >= 0.6 is 0 Å². The molecule has 0 spiro atoms. The van der Waals surface area contributed by atoms with Gasteiger partial charge in [0.05, 0.1) is 31.3 Å². The van der Waals surface area contributed by atoms with E-state index in [0.717, 1.165) is 45.5 Å². The van der Waals surface area contributed by atoms with E-state index in [0.29, 0.717) is 13.0 Å². The number of benzene rings is 1. The number of nitrogens with one attached hydrogen (secondary N) is 1. The minimum Gasteiger partial charge on any atom is -0.378 e. The molecular weight excluding hydrogens is 316 g/mol. The van der Waals surface area contributed by atoms with Gasteiger partial charge in [-0.2, -0.15) is 0 Å². The Hall–Kier alpha value is -1.43. The summed E-state index contributed by atoms with van der Waals surface area (Å²) in [7, 11) is 0. The number of ether oxygens (including phenoxy) is 2. The van der Waals surface area contributed by atoms with Gasteiger partial charge in [0, 0.05) is 26.2 Å². The second kappa shape index (κ2) is 9.32. The lowest BCUT2D eigenvalue weighted by molar-refractivity contribution is -0.127. The first-order valence-corrected chi connectivity index (χ1v) is 9.49. The highest BCUT2D eigenvalue weighted by molar-refractivity contribution is 5.76. The van der Waals surface area contributed by atoms with Crippen LogP contribution in [0, 0.1) is 0 Å². The molecule has 1 amide bonds. The van der Waals surface area contributed by atoms with Crippen LogP contribution in [-0.4, -0.2) is 55.4 Å². The predicted octanol–water partition coefficient (Wildman–Crippen LogP) is 2.35. The molecule has 2 saturated heterocycles. The van der Waals surface area contributed by atoms with Gasteiger partial charge in [0.25, 0.3) is 0 Å². The van der Waals surface area contributed by atoms with Crippen molar-refractivity contribution in [3.05, 3.63) is 35.9 Å². The average molecular weight is 346 g/mol. The number of rotatable bonds is 6. The summed E-state index contributed by atoms with van der Waals surface area (Å²) in [5.41, 5.74) is 1.31. The first-order chi connectivity index (χ1) is 12.2. The minimum atomic E-state index is 0.00895. The van der Waals surface area contributed by atoms with Crippen molar-refractivity contribution in [1.29, 1.82) is 0 Å². The van der Waals surface area contributed by atoms with Gasteiger partial charge in [-0.3, -0.25) is 9.69 Å². The summed E-state index contributed by atoms with van der Waals surface area (Å²) >= 11 is 0. The van der Waals surface area contributed by atoms with E-state index in [1.54, 1.807) is 0 Å². The molecule has 0 bridgehead atoms. The van der Waals surface area contributed by atoms with E-state index in [1.807, 2.05) is 13.0 Å². The topological polar surface area (TPSA) is 50.8 Å². The van der Waals surface area contributed by atoms with E-state index in [1.165, 1.54) is 5.56 Å². The van der Waals surface area contributed by atoms with E-state index < -0.39 is 0 Å². The molecule has 3 atom stereocenters. The molecule has 5 heteroatoms. The predicted molar refractivity (Wildman–Crippen MR) is 97.3 cm³/mol. The maximum absolute atomic E-state index is 12.3. The number of hydrogen-bond donors (Lipinski definition) is 1. The van der Waals surface area contributed by atoms with E-state index in [9.17, 15) is 4.79 Å². The summed E-state index contributed by atoms with van der Waals surface area (Å²) in [6, 6.07) is 10.5. The fourth-order valence-electron chi connectivity index (χ4n) is 3.60. The molecule has 0 aromatic heterocycles. The number of carbonyl (C=O) groups is 1. The van der Waals surface area contributed by atoms with E-state index in [-0.39, 0.29) is 24.2 Å². The molecule has 5 nitrogen and oxygen atoms in total. The first-order valence-electron chi connectivity index (χ1n) is 9.49. The molecule has 1 N–H and O–H groups in total. The smallest absolute Gasteiger partial charge is 0.222 e. The Bertz CT molecular complexity index is 531. The maximum atomic E-state index is 12.3. The number of hydrogen-bond acceptors (Lipinski definition) is 4. The Balaban J connectivity index is 1.44. The third-order valence-electron chi connectivity index (χ3n) is 5.06. The largest absolute Gasteiger partial charge is 0.378 e. The Morgan fingerprint density at radius 2 is 2.08 bits per heavy atom. The van der Waals surface area contributed by atoms with Crippen LogP contribution in [-0.2, 0) is 20.8 Å². The van der Waals surface area contributed by atoms with Gasteiger partial charge >= 0.3 is 0 Å². The fraction of sp³-hybridized carbons (Fsp3) is 0.650. The van der Waals surface area contributed by atoms with Crippen LogP contribution < -0.4 is 5.32 Å². The van der Waals surface area contributed by atoms with Gasteiger partial charge in [0.2, 0.25) is 5.91 Å². The zero-order chi connectivity index (χ0) is 17.5.